The number of benzene rings is 1. The monoisotopic (exact) mass is 447 g/mol. The molecule has 1 aromatic rings. The fourth-order valence-corrected chi connectivity index (χ4v) is 5.58. The third-order valence-corrected chi connectivity index (χ3v) is 7.42. The van der Waals surface area contributed by atoms with Gasteiger partial charge in [-0.15, -0.1) is 0 Å². The van der Waals surface area contributed by atoms with Crippen molar-refractivity contribution in [1.29, 1.82) is 0 Å². The van der Waals surface area contributed by atoms with Crippen LogP contribution in [0.25, 0.3) is 0 Å². The van der Waals surface area contributed by atoms with Crippen molar-refractivity contribution >= 4 is 26.0 Å². The van der Waals surface area contributed by atoms with Gasteiger partial charge in [-0.1, -0.05) is 21.5 Å². The number of ether oxygens (including phenoxy) is 2. The van der Waals surface area contributed by atoms with Crippen LogP contribution in [0.4, 0.5) is 4.79 Å². The van der Waals surface area contributed by atoms with Crippen LogP contribution in [0.5, 0.6) is 0 Å². The van der Waals surface area contributed by atoms with E-state index in [1.54, 1.807) is 32.9 Å². The van der Waals surface area contributed by atoms with E-state index in [1.807, 2.05) is 6.92 Å². The summed E-state index contributed by atoms with van der Waals surface area (Å²) >= 11 is 0. The van der Waals surface area contributed by atoms with Gasteiger partial charge in [-0.25, -0.2) is 13.7 Å². The number of hydrogen-bond donors (Lipinski definition) is 1. The molecule has 0 aromatic heterocycles. The molecule has 0 radical (unpaired) electrons. The summed E-state index contributed by atoms with van der Waals surface area (Å²) in [5.41, 5.74) is 0.299. The highest BCUT2D eigenvalue weighted by Gasteiger charge is 2.28. The van der Waals surface area contributed by atoms with Gasteiger partial charge in [0.05, 0.1) is 24.2 Å². The normalized spacial score (nSPS) is 20.0. The van der Waals surface area contributed by atoms with Crippen LogP contribution in [0, 0.1) is 6.92 Å². The molecule has 2 rings (SSSR count). The standard InChI is InChI=1S/C18H29N3O6S2/c1-14-6-8-16(9-7-14)29(24,25)20-28(5,23)19-12-15-13-21(10-11-26-15)17(22)27-18(2,3)4/h6-9,15H,10-13H2,1-5H3,(H,19,20,23)/t15-,28?/m1/s1. The van der Waals surface area contributed by atoms with Gasteiger partial charge < -0.3 is 14.4 Å². The van der Waals surface area contributed by atoms with Crippen LogP contribution in [-0.2, 0) is 29.4 Å². The second-order valence-corrected chi connectivity index (χ2v) is 11.8. The minimum atomic E-state index is -4.07. The molecular formula is C18H29N3O6S2. The van der Waals surface area contributed by atoms with Gasteiger partial charge in [0.1, 0.15) is 15.5 Å². The number of morpholine rings is 1. The lowest BCUT2D eigenvalue weighted by molar-refractivity contribution is -0.0394. The van der Waals surface area contributed by atoms with Crippen molar-refractivity contribution in [2.75, 3.05) is 32.5 Å². The first-order valence-electron chi connectivity index (χ1n) is 9.17. The molecule has 164 valence electrons. The van der Waals surface area contributed by atoms with Crippen molar-refractivity contribution in [3.05, 3.63) is 29.8 Å². The van der Waals surface area contributed by atoms with Gasteiger partial charge >= 0.3 is 6.09 Å². The van der Waals surface area contributed by atoms with Crippen molar-refractivity contribution in [3.8, 4) is 0 Å². The number of nitrogens with zero attached hydrogens (tertiary/aromatic N) is 2. The first kappa shape index (κ1) is 23.6. The van der Waals surface area contributed by atoms with Crippen LogP contribution in [0.1, 0.15) is 26.3 Å². The molecule has 1 aliphatic rings. The van der Waals surface area contributed by atoms with E-state index in [1.165, 1.54) is 23.3 Å². The van der Waals surface area contributed by atoms with Crippen molar-refractivity contribution in [2.24, 2.45) is 3.77 Å². The average Bonchev–Trinajstić information content (AvgIpc) is 2.58. The van der Waals surface area contributed by atoms with E-state index in [2.05, 4.69) is 8.49 Å². The highest BCUT2D eigenvalue weighted by Crippen LogP contribution is 2.15. The fourth-order valence-electron chi connectivity index (χ4n) is 2.55. The summed E-state index contributed by atoms with van der Waals surface area (Å²) in [4.78, 5) is 13.7. The van der Waals surface area contributed by atoms with Crippen molar-refractivity contribution in [1.82, 2.24) is 9.62 Å². The molecule has 1 unspecified atom stereocenters. The van der Waals surface area contributed by atoms with Crippen LogP contribution < -0.4 is 4.72 Å². The predicted octanol–water partition coefficient (Wildman–Crippen LogP) is 1.92. The molecule has 0 spiro atoms. The first-order valence-corrected chi connectivity index (χ1v) is 12.5. The van der Waals surface area contributed by atoms with Crippen LogP contribution >= 0.6 is 0 Å². The SMILES string of the molecule is Cc1ccc(S(=O)(=O)N=S(C)(=O)NC[C@@H]2CN(C(=O)OC(C)(C)C)CCO2)cc1. The van der Waals surface area contributed by atoms with Gasteiger partial charge in [0.15, 0.2) is 0 Å². The van der Waals surface area contributed by atoms with Gasteiger partial charge in [-0.2, -0.15) is 8.42 Å². The maximum atomic E-state index is 12.7. The van der Waals surface area contributed by atoms with Gasteiger partial charge in [0, 0.05) is 19.3 Å². The summed E-state index contributed by atoms with van der Waals surface area (Å²) in [5.74, 6) is 0. The minimum absolute atomic E-state index is 0.0236. The van der Waals surface area contributed by atoms with Gasteiger partial charge in [-0.05, 0) is 39.8 Å². The first-order chi connectivity index (χ1) is 13.3. The van der Waals surface area contributed by atoms with Crippen LogP contribution in [0.15, 0.2) is 32.9 Å². The van der Waals surface area contributed by atoms with Gasteiger partial charge in [0.25, 0.3) is 10.0 Å². The minimum Gasteiger partial charge on any atom is -0.444 e. The second-order valence-electron chi connectivity index (χ2n) is 7.93. The van der Waals surface area contributed by atoms with E-state index in [9.17, 15) is 17.4 Å². The Labute approximate surface area is 173 Å². The predicted molar refractivity (Wildman–Crippen MR) is 110 cm³/mol. The summed E-state index contributed by atoms with van der Waals surface area (Å²) in [6.45, 7) is 8.19. The highest BCUT2D eigenvalue weighted by atomic mass is 32.3. The Morgan fingerprint density at radius 3 is 2.48 bits per heavy atom. The molecule has 0 bridgehead atoms. The Hall–Kier alpha value is -1.69. The van der Waals surface area contributed by atoms with E-state index in [0.717, 1.165) is 5.56 Å². The van der Waals surface area contributed by atoms with Crippen molar-refractivity contribution in [2.45, 2.75) is 44.3 Å². The number of nitrogens with one attached hydrogen (secondary N) is 1. The summed E-state index contributed by atoms with van der Waals surface area (Å²) in [7, 11) is -7.31. The largest absolute Gasteiger partial charge is 0.444 e. The molecule has 0 saturated carbocycles. The Morgan fingerprint density at radius 2 is 1.90 bits per heavy atom. The molecule has 2 atom stereocenters. The number of amides is 1. The summed E-state index contributed by atoms with van der Waals surface area (Å²) < 4.78 is 54.6. The van der Waals surface area contributed by atoms with E-state index in [0.29, 0.717) is 13.2 Å². The number of carbonyl (C=O) groups excluding carboxylic acids is 1. The smallest absolute Gasteiger partial charge is 0.410 e. The molecule has 11 heteroatoms. The molecule has 1 aromatic carbocycles. The van der Waals surface area contributed by atoms with E-state index in [4.69, 9.17) is 9.47 Å². The summed E-state index contributed by atoms with van der Waals surface area (Å²) in [6, 6.07) is 6.14. The molecule has 1 N–H and O–H groups in total. The van der Waals surface area contributed by atoms with Gasteiger partial charge in [-0.3, -0.25) is 0 Å². The molecule has 1 heterocycles. The topological polar surface area (TPSA) is 114 Å². The van der Waals surface area contributed by atoms with Gasteiger partial charge in [0.2, 0.25) is 0 Å². The summed E-state index contributed by atoms with van der Waals surface area (Å²) in [5, 5.41) is 0. The van der Waals surface area contributed by atoms with Crippen LogP contribution in [-0.4, -0.2) is 67.8 Å². The lowest BCUT2D eigenvalue weighted by Crippen LogP contribution is -2.50. The molecule has 29 heavy (non-hydrogen) atoms. The van der Waals surface area contributed by atoms with Crippen molar-refractivity contribution in [3.63, 3.8) is 0 Å². The Bertz CT molecular complexity index is 945. The lowest BCUT2D eigenvalue weighted by atomic mass is 10.2. The van der Waals surface area contributed by atoms with Crippen molar-refractivity contribution < 1.29 is 26.9 Å². The molecule has 0 aliphatic carbocycles. The van der Waals surface area contributed by atoms with Crippen LogP contribution in [0.3, 0.4) is 0 Å². The molecule has 1 aliphatic heterocycles. The van der Waals surface area contributed by atoms with E-state index >= 15 is 0 Å². The Balaban J connectivity index is 2.02. The Morgan fingerprint density at radius 1 is 1.28 bits per heavy atom. The highest BCUT2D eigenvalue weighted by molar-refractivity contribution is 8.02. The molecular weight excluding hydrogens is 418 g/mol. The fraction of sp³-hybridized carbons (Fsp3) is 0.611. The summed E-state index contributed by atoms with van der Waals surface area (Å²) in [6.07, 6.45) is 0.303. The molecule has 1 amide bonds. The maximum Gasteiger partial charge on any atom is 0.410 e. The van der Waals surface area contributed by atoms with Crippen LogP contribution in [0.2, 0.25) is 0 Å². The maximum absolute atomic E-state index is 12.7. The number of sulfonamides is 1. The van der Waals surface area contributed by atoms with E-state index in [-0.39, 0.29) is 18.0 Å². The van der Waals surface area contributed by atoms with E-state index < -0.39 is 37.7 Å². The molecule has 1 saturated heterocycles. The second kappa shape index (κ2) is 8.99. The third kappa shape index (κ3) is 7.57. The number of rotatable bonds is 5. The molecule has 1 fully saturated rings. The number of carbonyl (C=O) groups is 1. The number of aryl methyl sites for hydroxylation is 1. The number of hydrogen-bond acceptors (Lipinski definition) is 6. The Kier molecular flexibility index (Phi) is 7.31. The molecule has 9 nitrogen and oxygen atoms in total. The quantitative estimate of drug-likeness (QED) is 0.738. The zero-order valence-electron chi connectivity index (χ0n) is 17.4. The lowest BCUT2D eigenvalue weighted by Gasteiger charge is -2.34. The third-order valence-electron chi connectivity index (χ3n) is 3.93. The zero-order chi connectivity index (χ0) is 21.9. The zero-order valence-corrected chi connectivity index (χ0v) is 19.0. The average molecular weight is 448 g/mol.